The van der Waals surface area contributed by atoms with E-state index in [4.69, 9.17) is 4.74 Å². The molecule has 0 aromatic heterocycles. The highest BCUT2D eigenvalue weighted by Gasteiger charge is 2.23. The van der Waals surface area contributed by atoms with Crippen molar-refractivity contribution in [3.05, 3.63) is 0 Å². The zero-order valence-electron chi connectivity index (χ0n) is 9.41. The van der Waals surface area contributed by atoms with Crippen molar-refractivity contribution in [3.8, 4) is 0 Å². The summed E-state index contributed by atoms with van der Waals surface area (Å²) in [7, 11) is 0. The van der Waals surface area contributed by atoms with Crippen LogP contribution < -0.4 is 0 Å². The Balaban J connectivity index is 2.29. The van der Waals surface area contributed by atoms with Crippen LogP contribution in [0.25, 0.3) is 0 Å². The SMILES string of the molecule is CCOC(=O)CC1CCCC(CC=O)C1. The van der Waals surface area contributed by atoms with Gasteiger partial charge in [0.05, 0.1) is 6.61 Å². The molecule has 1 aliphatic rings. The molecule has 0 heterocycles. The molecule has 2 unspecified atom stereocenters. The first kappa shape index (κ1) is 12.2. The molecule has 1 aliphatic carbocycles. The molecule has 1 fully saturated rings. The molecule has 86 valence electrons. The van der Waals surface area contributed by atoms with E-state index >= 15 is 0 Å². The van der Waals surface area contributed by atoms with E-state index in [0.717, 1.165) is 32.0 Å². The van der Waals surface area contributed by atoms with Gasteiger partial charge in [0.25, 0.3) is 0 Å². The number of hydrogen-bond acceptors (Lipinski definition) is 3. The Morgan fingerprint density at radius 1 is 1.40 bits per heavy atom. The van der Waals surface area contributed by atoms with E-state index in [1.807, 2.05) is 6.92 Å². The fraction of sp³-hybridized carbons (Fsp3) is 0.833. The van der Waals surface area contributed by atoms with Crippen molar-refractivity contribution in [2.24, 2.45) is 11.8 Å². The molecule has 0 bridgehead atoms. The molecule has 0 spiro atoms. The minimum atomic E-state index is -0.0887. The van der Waals surface area contributed by atoms with Crippen molar-refractivity contribution in [2.45, 2.75) is 45.4 Å². The van der Waals surface area contributed by atoms with Crippen LogP contribution in [0, 0.1) is 11.8 Å². The summed E-state index contributed by atoms with van der Waals surface area (Å²) in [5, 5.41) is 0. The molecule has 1 saturated carbocycles. The van der Waals surface area contributed by atoms with Gasteiger partial charge in [-0.25, -0.2) is 0 Å². The highest BCUT2D eigenvalue weighted by atomic mass is 16.5. The lowest BCUT2D eigenvalue weighted by molar-refractivity contribution is -0.144. The normalized spacial score (nSPS) is 25.9. The van der Waals surface area contributed by atoms with Gasteiger partial charge in [0.15, 0.2) is 0 Å². The van der Waals surface area contributed by atoms with Crippen molar-refractivity contribution in [2.75, 3.05) is 6.61 Å². The Hall–Kier alpha value is -0.860. The van der Waals surface area contributed by atoms with E-state index in [2.05, 4.69) is 0 Å². The number of aldehydes is 1. The highest BCUT2D eigenvalue weighted by molar-refractivity contribution is 5.69. The summed E-state index contributed by atoms with van der Waals surface area (Å²) in [5.74, 6) is 0.840. The first-order valence-corrected chi connectivity index (χ1v) is 5.85. The molecule has 15 heavy (non-hydrogen) atoms. The predicted molar refractivity (Wildman–Crippen MR) is 57.4 cm³/mol. The van der Waals surface area contributed by atoms with Crippen LogP contribution in [0.5, 0.6) is 0 Å². The molecule has 0 radical (unpaired) electrons. The smallest absolute Gasteiger partial charge is 0.306 e. The van der Waals surface area contributed by atoms with Gasteiger partial charge >= 0.3 is 5.97 Å². The quantitative estimate of drug-likeness (QED) is 0.519. The summed E-state index contributed by atoms with van der Waals surface area (Å²) in [4.78, 5) is 21.7. The molecule has 0 aliphatic heterocycles. The van der Waals surface area contributed by atoms with Crippen molar-refractivity contribution >= 4 is 12.3 Å². The standard InChI is InChI=1S/C12H20O3/c1-2-15-12(14)9-11-5-3-4-10(8-11)6-7-13/h7,10-11H,2-6,8-9H2,1H3. The first-order chi connectivity index (χ1) is 7.26. The lowest BCUT2D eigenvalue weighted by Gasteiger charge is -2.27. The van der Waals surface area contributed by atoms with E-state index in [0.29, 0.717) is 31.3 Å². The van der Waals surface area contributed by atoms with Gasteiger partial charge in [-0.15, -0.1) is 0 Å². The third-order valence-electron chi connectivity index (χ3n) is 3.08. The van der Waals surface area contributed by atoms with Crippen molar-refractivity contribution in [3.63, 3.8) is 0 Å². The summed E-state index contributed by atoms with van der Waals surface area (Å²) in [5.41, 5.74) is 0. The zero-order chi connectivity index (χ0) is 11.1. The molecule has 0 N–H and O–H groups in total. The van der Waals surface area contributed by atoms with Crippen LogP contribution in [0.15, 0.2) is 0 Å². The molecule has 3 heteroatoms. The van der Waals surface area contributed by atoms with Crippen LogP contribution in [0.4, 0.5) is 0 Å². The van der Waals surface area contributed by atoms with E-state index < -0.39 is 0 Å². The van der Waals surface area contributed by atoms with Crippen molar-refractivity contribution < 1.29 is 14.3 Å². The minimum Gasteiger partial charge on any atom is -0.466 e. The predicted octanol–water partition coefficient (Wildman–Crippen LogP) is 2.33. The largest absolute Gasteiger partial charge is 0.466 e. The summed E-state index contributed by atoms with van der Waals surface area (Å²) in [6, 6.07) is 0. The van der Waals surface area contributed by atoms with Gasteiger partial charge in [-0.3, -0.25) is 4.79 Å². The molecular weight excluding hydrogens is 192 g/mol. The van der Waals surface area contributed by atoms with E-state index in [1.54, 1.807) is 0 Å². The summed E-state index contributed by atoms with van der Waals surface area (Å²) in [6.45, 7) is 2.29. The summed E-state index contributed by atoms with van der Waals surface area (Å²) < 4.78 is 4.93. The third-order valence-corrected chi connectivity index (χ3v) is 3.08. The van der Waals surface area contributed by atoms with Gasteiger partial charge < -0.3 is 9.53 Å². The van der Waals surface area contributed by atoms with E-state index in [9.17, 15) is 9.59 Å². The van der Waals surface area contributed by atoms with Crippen molar-refractivity contribution in [1.29, 1.82) is 0 Å². The lowest BCUT2D eigenvalue weighted by atomic mass is 9.79. The highest BCUT2D eigenvalue weighted by Crippen LogP contribution is 2.32. The number of esters is 1. The van der Waals surface area contributed by atoms with Gasteiger partial charge in [0.1, 0.15) is 6.29 Å². The van der Waals surface area contributed by atoms with Gasteiger partial charge in [0, 0.05) is 12.8 Å². The second kappa shape index (κ2) is 6.59. The number of hydrogen-bond donors (Lipinski definition) is 0. The van der Waals surface area contributed by atoms with Crippen molar-refractivity contribution in [1.82, 2.24) is 0 Å². The van der Waals surface area contributed by atoms with E-state index in [-0.39, 0.29) is 5.97 Å². The number of carbonyl (C=O) groups is 2. The van der Waals surface area contributed by atoms with Gasteiger partial charge in [-0.2, -0.15) is 0 Å². The number of rotatable bonds is 5. The molecule has 0 aromatic rings. The van der Waals surface area contributed by atoms with Crippen LogP contribution in [0.1, 0.15) is 45.4 Å². The monoisotopic (exact) mass is 212 g/mol. The second-order valence-electron chi connectivity index (χ2n) is 4.31. The third kappa shape index (κ3) is 4.45. The molecule has 0 aromatic carbocycles. The Labute approximate surface area is 91.2 Å². The van der Waals surface area contributed by atoms with Crippen LogP contribution >= 0.6 is 0 Å². The maximum absolute atomic E-state index is 11.3. The first-order valence-electron chi connectivity index (χ1n) is 5.85. The Kier molecular flexibility index (Phi) is 5.37. The van der Waals surface area contributed by atoms with Gasteiger partial charge in [0.2, 0.25) is 0 Å². The maximum Gasteiger partial charge on any atom is 0.306 e. The summed E-state index contributed by atoms with van der Waals surface area (Å²) in [6.07, 6.45) is 6.58. The average Bonchev–Trinajstić information content (AvgIpc) is 2.19. The van der Waals surface area contributed by atoms with Crippen LogP contribution in [-0.2, 0) is 14.3 Å². The minimum absolute atomic E-state index is 0.0887. The maximum atomic E-state index is 11.3. The average molecular weight is 212 g/mol. The molecular formula is C12H20O3. The van der Waals surface area contributed by atoms with Gasteiger partial charge in [-0.05, 0) is 31.6 Å². The Morgan fingerprint density at radius 2 is 2.13 bits per heavy atom. The zero-order valence-corrected chi connectivity index (χ0v) is 9.41. The summed E-state index contributed by atoms with van der Waals surface area (Å²) >= 11 is 0. The fourth-order valence-electron chi connectivity index (χ4n) is 2.39. The van der Waals surface area contributed by atoms with Gasteiger partial charge in [-0.1, -0.05) is 12.8 Å². The second-order valence-corrected chi connectivity index (χ2v) is 4.31. The number of carbonyl (C=O) groups excluding carboxylic acids is 2. The van der Waals surface area contributed by atoms with Crippen LogP contribution in [-0.4, -0.2) is 18.9 Å². The van der Waals surface area contributed by atoms with E-state index in [1.165, 1.54) is 0 Å². The Morgan fingerprint density at radius 3 is 2.80 bits per heavy atom. The molecule has 0 amide bonds. The molecule has 3 nitrogen and oxygen atoms in total. The fourth-order valence-corrected chi connectivity index (χ4v) is 2.39. The molecule has 0 saturated heterocycles. The topological polar surface area (TPSA) is 43.4 Å². The molecule has 1 rings (SSSR count). The lowest BCUT2D eigenvalue weighted by Crippen LogP contribution is -2.19. The van der Waals surface area contributed by atoms with Crippen LogP contribution in [0.3, 0.4) is 0 Å². The number of ether oxygens (including phenoxy) is 1. The Bertz CT molecular complexity index is 213. The van der Waals surface area contributed by atoms with Crippen LogP contribution in [0.2, 0.25) is 0 Å². The molecule has 2 atom stereocenters.